The van der Waals surface area contributed by atoms with E-state index in [1.54, 1.807) is 34.6 Å². The third-order valence-electron chi connectivity index (χ3n) is 4.23. The Morgan fingerprint density at radius 2 is 1.90 bits per heavy atom. The van der Waals surface area contributed by atoms with E-state index in [-0.39, 0.29) is 32.5 Å². The molecule has 1 aliphatic heterocycles. The van der Waals surface area contributed by atoms with Gasteiger partial charge in [0.2, 0.25) is 0 Å². The number of nitriles is 1. The van der Waals surface area contributed by atoms with Crippen molar-refractivity contribution in [3.8, 4) is 6.07 Å². The van der Waals surface area contributed by atoms with E-state index in [4.69, 9.17) is 23.0 Å². The molecule has 0 aromatic carbocycles. The van der Waals surface area contributed by atoms with Gasteiger partial charge in [-0.25, -0.2) is 9.36 Å². The summed E-state index contributed by atoms with van der Waals surface area (Å²) in [5, 5.41) is 9.93. The van der Waals surface area contributed by atoms with Gasteiger partial charge in [0.05, 0.1) is 38.6 Å². The van der Waals surface area contributed by atoms with E-state index in [1.165, 1.54) is 4.90 Å². The molecule has 0 saturated carbocycles. The molecule has 0 N–H and O–H groups in total. The topological polar surface area (TPSA) is 107 Å². The number of phosphoric acid groups is 1. The predicted octanol–water partition coefficient (Wildman–Crippen LogP) is 4.27. The highest BCUT2D eigenvalue weighted by Gasteiger charge is 2.45. The van der Waals surface area contributed by atoms with Gasteiger partial charge in [-0.2, -0.15) is 5.26 Å². The minimum atomic E-state index is -3.62. The van der Waals surface area contributed by atoms with Gasteiger partial charge in [0.15, 0.2) is 0 Å². The average Bonchev–Trinajstić information content (AvgIpc) is 2.60. The molecule has 1 fully saturated rings. The molecular weight excluding hydrogens is 399 g/mol. The lowest BCUT2D eigenvalue weighted by molar-refractivity contribution is -0.0532. The van der Waals surface area contributed by atoms with Gasteiger partial charge < -0.3 is 9.47 Å². The molecule has 1 heterocycles. The molecule has 9 nitrogen and oxygen atoms in total. The number of ether oxygens (including phenoxy) is 2. The van der Waals surface area contributed by atoms with Crippen molar-refractivity contribution >= 4 is 13.9 Å². The first-order chi connectivity index (χ1) is 13.5. The van der Waals surface area contributed by atoms with Gasteiger partial charge in [0.25, 0.3) is 0 Å². The Labute approximate surface area is 174 Å². The first kappa shape index (κ1) is 25.9. The van der Waals surface area contributed by atoms with Crippen LogP contribution in [0.25, 0.3) is 0 Å². The van der Waals surface area contributed by atoms with Crippen LogP contribution >= 0.6 is 7.82 Å². The number of nitrogens with zero attached hydrogens (tertiary/aromatic N) is 2. The zero-order valence-electron chi connectivity index (χ0n) is 18.4. The molecule has 0 unspecified atom stereocenters. The maximum absolute atomic E-state index is 12.9. The summed E-state index contributed by atoms with van der Waals surface area (Å²) in [5.41, 5.74) is -1.72. The molecule has 10 heteroatoms. The van der Waals surface area contributed by atoms with Gasteiger partial charge in [0, 0.05) is 19.4 Å². The molecular formula is C19H35N2O7P. The van der Waals surface area contributed by atoms with Gasteiger partial charge in [-0.05, 0) is 48.0 Å². The molecule has 1 rings (SSSR count). The predicted molar refractivity (Wildman–Crippen MR) is 107 cm³/mol. The summed E-state index contributed by atoms with van der Waals surface area (Å²) in [4.78, 5) is 14.3. The Hall–Kier alpha value is -1.17. The smallest absolute Gasteiger partial charge is 0.444 e. The fraction of sp³-hybridized carbons (Fsp3) is 0.895. The van der Waals surface area contributed by atoms with Crippen LogP contribution in [0, 0.1) is 11.3 Å². The lowest BCUT2D eigenvalue weighted by Gasteiger charge is -2.43. The van der Waals surface area contributed by atoms with Crippen LogP contribution in [0.4, 0.5) is 4.79 Å². The van der Waals surface area contributed by atoms with Crippen LogP contribution in [0.15, 0.2) is 0 Å². The van der Waals surface area contributed by atoms with E-state index in [2.05, 4.69) is 6.07 Å². The fourth-order valence-corrected chi connectivity index (χ4v) is 4.31. The van der Waals surface area contributed by atoms with Gasteiger partial charge in [0.1, 0.15) is 11.1 Å². The Bertz CT molecular complexity index is 607. The fourth-order valence-electron chi connectivity index (χ4n) is 3.10. The van der Waals surface area contributed by atoms with Crippen molar-refractivity contribution in [2.75, 3.05) is 33.0 Å². The third kappa shape index (κ3) is 8.23. The molecule has 168 valence electrons. The minimum Gasteiger partial charge on any atom is -0.444 e. The van der Waals surface area contributed by atoms with E-state index in [0.717, 1.165) is 0 Å². The maximum atomic E-state index is 12.9. The van der Waals surface area contributed by atoms with Crippen molar-refractivity contribution in [2.24, 2.45) is 0 Å². The number of hydrogen-bond donors (Lipinski definition) is 0. The third-order valence-corrected chi connectivity index (χ3v) is 5.88. The van der Waals surface area contributed by atoms with Crippen molar-refractivity contribution in [3.63, 3.8) is 0 Å². The van der Waals surface area contributed by atoms with Crippen LogP contribution in [0.1, 0.15) is 60.8 Å². The lowest BCUT2D eigenvalue weighted by atomic mass is 9.86. The summed E-state index contributed by atoms with van der Waals surface area (Å²) < 4.78 is 39.0. The highest BCUT2D eigenvalue weighted by molar-refractivity contribution is 7.48. The van der Waals surface area contributed by atoms with E-state index in [0.29, 0.717) is 25.9 Å². The second-order valence-electron chi connectivity index (χ2n) is 7.88. The van der Waals surface area contributed by atoms with Crippen LogP contribution < -0.4 is 0 Å². The molecule has 0 spiro atoms. The van der Waals surface area contributed by atoms with Crippen LogP contribution in [0.3, 0.4) is 0 Å². The summed E-state index contributed by atoms with van der Waals surface area (Å²) in [7, 11) is -3.62. The van der Waals surface area contributed by atoms with Gasteiger partial charge in [-0.15, -0.1) is 0 Å². The second-order valence-corrected chi connectivity index (χ2v) is 9.55. The van der Waals surface area contributed by atoms with Crippen LogP contribution in [0.2, 0.25) is 0 Å². The monoisotopic (exact) mass is 434 g/mol. The highest BCUT2D eigenvalue weighted by Crippen LogP contribution is 2.49. The molecule has 1 amide bonds. The Kier molecular flexibility index (Phi) is 10.1. The molecule has 0 aromatic heterocycles. The summed E-state index contributed by atoms with van der Waals surface area (Å²) in [6.45, 7) is 11.6. The number of rotatable bonds is 10. The molecule has 1 saturated heterocycles. The molecule has 0 aromatic rings. The van der Waals surface area contributed by atoms with E-state index < -0.39 is 25.1 Å². The molecule has 0 radical (unpaired) electrons. The van der Waals surface area contributed by atoms with Gasteiger partial charge in [-0.3, -0.25) is 18.5 Å². The van der Waals surface area contributed by atoms with E-state index in [1.807, 2.05) is 6.92 Å². The van der Waals surface area contributed by atoms with Crippen LogP contribution in [0.5, 0.6) is 0 Å². The normalized spacial score (nSPS) is 22.7. The Morgan fingerprint density at radius 3 is 2.38 bits per heavy atom. The molecule has 2 atom stereocenters. The number of phosphoric ester groups is 1. The van der Waals surface area contributed by atoms with Crippen molar-refractivity contribution < 1.29 is 32.4 Å². The number of hydrogen-bond acceptors (Lipinski definition) is 8. The van der Waals surface area contributed by atoms with Crippen molar-refractivity contribution in [3.05, 3.63) is 0 Å². The quantitative estimate of drug-likeness (QED) is 0.370. The molecule has 0 aliphatic carbocycles. The zero-order chi connectivity index (χ0) is 22.1. The largest absolute Gasteiger partial charge is 0.474 e. The first-order valence-electron chi connectivity index (χ1n) is 10.1. The van der Waals surface area contributed by atoms with Crippen molar-refractivity contribution in [1.82, 2.24) is 4.90 Å². The second kappa shape index (κ2) is 11.3. The number of carbonyl (C=O) groups is 1. The maximum Gasteiger partial charge on any atom is 0.474 e. The van der Waals surface area contributed by atoms with Crippen molar-refractivity contribution in [1.29, 1.82) is 5.26 Å². The Balaban J connectivity index is 2.88. The summed E-state index contributed by atoms with van der Waals surface area (Å²) in [5.74, 6) is 0. The lowest BCUT2D eigenvalue weighted by Crippen LogP contribution is -2.56. The standard InChI is InChI=1S/C19H35N2O7P/c1-7-25-29(23,26-8-2)27-12-9-11-21(17(22)28-18(4,5)6)19(15-20)10-13-24-16(3)14-19/h16H,7-14H2,1-6H3/t16-,19-/m0/s1. The van der Waals surface area contributed by atoms with E-state index >= 15 is 0 Å². The first-order valence-corrected chi connectivity index (χ1v) is 11.5. The van der Waals surface area contributed by atoms with Gasteiger partial charge >= 0.3 is 13.9 Å². The summed E-state index contributed by atoms with van der Waals surface area (Å²) >= 11 is 0. The highest BCUT2D eigenvalue weighted by atomic mass is 31.2. The van der Waals surface area contributed by atoms with Crippen LogP contribution in [-0.2, 0) is 27.6 Å². The zero-order valence-corrected chi connectivity index (χ0v) is 19.3. The number of amides is 1. The van der Waals surface area contributed by atoms with Crippen molar-refractivity contribution in [2.45, 2.75) is 78.0 Å². The average molecular weight is 434 g/mol. The molecule has 0 bridgehead atoms. The summed E-state index contributed by atoms with van der Waals surface area (Å²) in [6.07, 6.45) is 0.401. The minimum absolute atomic E-state index is 0.0458. The number of carbonyl (C=O) groups excluding carboxylic acids is 1. The van der Waals surface area contributed by atoms with Crippen LogP contribution in [-0.4, -0.2) is 61.2 Å². The molecule has 1 aliphatic rings. The Morgan fingerprint density at radius 1 is 1.28 bits per heavy atom. The summed E-state index contributed by atoms with van der Waals surface area (Å²) in [6, 6.07) is 2.31. The van der Waals surface area contributed by atoms with Gasteiger partial charge in [-0.1, -0.05) is 0 Å². The van der Waals surface area contributed by atoms with E-state index in [9.17, 15) is 14.6 Å². The SMILES string of the molecule is CCOP(=O)(OCC)OCCCN(C(=O)OC(C)(C)C)[C@@]1(C#N)CCO[C@@H](C)C1. The molecule has 29 heavy (non-hydrogen) atoms.